The molecule has 0 heterocycles. The first-order valence-electron chi connectivity index (χ1n) is 7.26. The van der Waals surface area contributed by atoms with Crippen molar-refractivity contribution >= 4 is 5.96 Å². The number of guanidine groups is 1. The molecule has 0 spiro atoms. The number of nitrogens with two attached hydrogens (primary N) is 1. The number of likely N-dealkylation sites (N-methyl/N-ethyl adjacent to an activating group) is 1. The summed E-state index contributed by atoms with van der Waals surface area (Å²) >= 11 is 0. The first-order valence-corrected chi connectivity index (χ1v) is 7.26. The van der Waals surface area contributed by atoms with Crippen LogP contribution in [0, 0.1) is 5.92 Å². The average Bonchev–Trinajstić information content (AvgIpc) is 2.34. The Labute approximate surface area is 113 Å². The molecule has 108 valence electrons. The zero-order chi connectivity index (χ0) is 14.0. The second-order valence-corrected chi connectivity index (χ2v) is 5.11. The van der Waals surface area contributed by atoms with Gasteiger partial charge in [0.25, 0.3) is 0 Å². The van der Waals surface area contributed by atoms with Gasteiger partial charge in [-0.2, -0.15) is 0 Å². The Morgan fingerprint density at radius 1 is 1.22 bits per heavy atom. The van der Waals surface area contributed by atoms with Crippen molar-refractivity contribution in [3.05, 3.63) is 0 Å². The molecule has 0 rings (SSSR count). The van der Waals surface area contributed by atoms with Crippen LogP contribution < -0.4 is 11.1 Å². The van der Waals surface area contributed by atoms with Crippen molar-refractivity contribution in [3.8, 4) is 0 Å². The first kappa shape index (κ1) is 17.2. The molecular formula is C14H32N4. The van der Waals surface area contributed by atoms with Crippen LogP contribution in [0.15, 0.2) is 4.99 Å². The fourth-order valence-electron chi connectivity index (χ4n) is 2.21. The Morgan fingerprint density at radius 3 is 2.28 bits per heavy atom. The van der Waals surface area contributed by atoms with Crippen LogP contribution in [0.2, 0.25) is 0 Å². The molecule has 1 atom stereocenters. The lowest BCUT2D eigenvalue weighted by atomic mass is 9.93. The standard InChI is InChI=1S/C14H32N4/c1-6-9-10-16-14(15)17-11-13(18(4)5)12(7-2)8-3/h12-13H,6-11H2,1-5H3,(H3,15,16,17). The van der Waals surface area contributed by atoms with Crippen molar-refractivity contribution in [2.24, 2.45) is 16.6 Å². The summed E-state index contributed by atoms with van der Waals surface area (Å²) in [4.78, 5) is 6.74. The van der Waals surface area contributed by atoms with Crippen molar-refractivity contribution in [1.82, 2.24) is 10.2 Å². The van der Waals surface area contributed by atoms with E-state index in [1.165, 1.54) is 19.3 Å². The maximum atomic E-state index is 5.87. The molecule has 4 nitrogen and oxygen atoms in total. The minimum Gasteiger partial charge on any atom is -0.370 e. The second kappa shape index (κ2) is 10.2. The number of hydrogen-bond donors (Lipinski definition) is 2. The smallest absolute Gasteiger partial charge is 0.188 e. The average molecular weight is 256 g/mol. The molecule has 0 aliphatic carbocycles. The van der Waals surface area contributed by atoms with E-state index in [0.717, 1.165) is 19.5 Å². The van der Waals surface area contributed by atoms with Crippen LogP contribution in [-0.4, -0.2) is 44.1 Å². The highest BCUT2D eigenvalue weighted by Crippen LogP contribution is 2.17. The molecule has 0 aromatic heterocycles. The lowest BCUT2D eigenvalue weighted by Crippen LogP contribution is -2.39. The highest BCUT2D eigenvalue weighted by atomic mass is 15.1. The van der Waals surface area contributed by atoms with E-state index in [1.54, 1.807) is 0 Å². The fourth-order valence-corrected chi connectivity index (χ4v) is 2.21. The molecule has 0 radical (unpaired) electrons. The summed E-state index contributed by atoms with van der Waals surface area (Å²) in [6, 6.07) is 0.478. The Bertz CT molecular complexity index is 222. The molecule has 0 saturated heterocycles. The minimum atomic E-state index is 0.478. The number of nitrogens with zero attached hydrogens (tertiary/aromatic N) is 2. The van der Waals surface area contributed by atoms with Crippen molar-refractivity contribution in [2.45, 2.75) is 52.5 Å². The van der Waals surface area contributed by atoms with Gasteiger partial charge in [0.1, 0.15) is 0 Å². The van der Waals surface area contributed by atoms with Crippen LogP contribution in [0.1, 0.15) is 46.5 Å². The monoisotopic (exact) mass is 256 g/mol. The molecule has 0 saturated carbocycles. The third-order valence-electron chi connectivity index (χ3n) is 3.54. The number of hydrogen-bond acceptors (Lipinski definition) is 2. The number of rotatable bonds is 9. The number of unbranched alkanes of at least 4 members (excludes halogenated alkanes) is 1. The molecule has 0 aromatic carbocycles. The molecule has 3 N–H and O–H groups in total. The molecule has 4 heteroatoms. The van der Waals surface area contributed by atoms with Crippen molar-refractivity contribution in [3.63, 3.8) is 0 Å². The summed E-state index contributed by atoms with van der Waals surface area (Å²) in [5.74, 6) is 1.27. The maximum absolute atomic E-state index is 5.87. The maximum Gasteiger partial charge on any atom is 0.188 e. The quantitative estimate of drug-likeness (QED) is 0.377. The van der Waals surface area contributed by atoms with Crippen LogP contribution >= 0.6 is 0 Å². The van der Waals surface area contributed by atoms with Crippen molar-refractivity contribution in [2.75, 3.05) is 27.2 Å². The summed E-state index contributed by atoms with van der Waals surface area (Å²) in [7, 11) is 4.25. The van der Waals surface area contributed by atoms with E-state index in [9.17, 15) is 0 Å². The van der Waals surface area contributed by atoms with Crippen molar-refractivity contribution in [1.29, 1.82) is 0 Å². The molecular weight excluding hydrogens is 224 g/mol. The molecule has 0 aromatic rings. The van der Waals surface area contributed by atoms with Gasteiger partial charge in [0.2, 0.25) is 0 Å². The fraction of sp³-hybridized carbons (Fsp3) is 0.929. The predicted molar refractivity (Wildman–Crippen MR) is 80.9 cm³/mol. The van der Waals surface area contributed by atoms with Crippen LogP contribution in [0.25, 0.3) is 0 Å². The van der Waals surface area contributed by atoms with E-state index in [2.05, 4.69) is 50.1 Å². The Morgan fingerprint density at radius 2 is 1.83 bits per heavy atom. The molecule has 0 aliphatic rings. The molecule has 0 bridgehead atoms. The normalized spacial score (nSPS) is 14.3. The van der Waals surface area contributed by atoms with E-state index in [0.29, 0.717) is 17.9 Å². The van der Waals surface area contributed by atoms with Gasteiger partial charge < -0.3 is 16.0 Å². The third-order valence-corrected chi connectivity index (χ3v) is 3.54. The van der Waals surface area contributed by atoms with Gasteiger partial charge in [-0.25, -0.2) is 0 Å². The molecule has 0 aliphatic heterocycles. The summed E-state index contributed by atoms with van der Waals surface area (Å²) in [6.45, 7) is 8.37. The van der Waals surface area contributed by atoms with Gasteiger partial charge in [0.15, 0.2) is 5.96 Å². The molecule has 18 heavy (non-hydrogen) atoms. The van der Waals surface area contributed by atoms with E-state index < -0.39 is 0 Å². The van der Waals surface area contributed by atoms with Gasteiger partial charge in [0, 0.05) is 12.6 Å². The molecule has 1 unspecified atom stereocenters. The van der Waals surface area contributed by atoms with Gasteiger partial charge in [0.05, 0.1) is 6.54 Å². The van der Waals surface area contributed by atoms with Gasteiger partial charge in [-0.1, -0.05) is 40.0 Å². The minimum absolute atomic E-state index is 0.478. The lowest BCUT2D eigenvalue weighted by molar-refractivity contribution is 0.206. The van der Waals surface area contributed by atoms with Crippen LogP contribution in [0.3, 0.4) is 0 Å². The largest absolute Gasteiger partial charge is 0.370 e. The van der Waals surface area contributed by atoms with Gasteiger partial charge in [-0.15, -0.1) is 0 Å². The predicted octanol–water partition coefficient (Wildman–Crippen LogP) is 2.06. The van der Waals surface area contributed by atoms with E-state index in [1.807, 2.05) is 0 Å². The summed E-state index contributed by atoms with van der Waals surface area (Å²) in [5, 5.41) is 3.16. The Kier molecular flexibility index (Phi) is 9.74. The zero-order valence-corrected chi connectivity index (χ0v) is 12.9. The van der Waals surface area contributed by atoms with Crippen LogP contribution in [0.4, 0.5) is 0 Å². The van der Waals surface area contributed by atoms with Gasteiger partial charge in [-0.3, -0.25) is 4.99 Å². The Hall–Kier alpha value is -0.770. The van der Waals surface area contributed by atoms with E-state index in [-0.39, 0.29) is 0 Å². The van der Waals surface area contributed by atoms with E-state index >= 15 is 0 Å². The highest BCUT2D eigenvalue weighted by Gasteiger charge is 2.20. The highest BCUT2D eigenvalue weighted by molar-refractivity contribution is 5.77. The third kappa shape index (κ3) is 6.84. The second-order valence-electron chi connectivity index (χ2n) is 5.11. The first-order chi connectivity index (χ1) is 8.56. The molecule has 0 fully saturated rings. The van der Waals surface area contributed by atoms with Gasteiger partial charge >= 0.3 is 0 Å². The topological polar surface area (TPSA) is 53.6 Å². The lowest BCUT2D eigenvalue weighted by Gasteiger charge is -2.30. The summed E-state index contributed by atoms with van der Waals surface area (Å²) in [6.07, 6.45) is 4.70. The van der Waals surface area contributed by atoms with Crippen LogP contribution in [-0.2, 0) is 0 Å². The number of nitrogens with one attached hydrogen (secondary N) is 1. The summed E-state index contributed by atoms with van der Waals surface area (Å²) < 4.78 is 0. The number of aliphatic imine (C=N–C) groups is 1. The zero-order valence-electron chi connectivity index (χ0n) is 12.9. The summed E-state index contributed by atoms with van der Waals surface area (Å²) in [5.41, 5.74) is 5.87. The Balaban J connectivity index is 4.28. The van der Waals surface area contributed by atoms with Crippen molar-refractivity contribution < 1.29 is 0 Å². The van der Waals surface area contributed by atoms with Gasteiger partial charge in [-0.05, 0) is 26.4 Å². The SMILES string of the molecule is CCCCNC(N)=NCC(C(CC)CC)N(C)C. The van der Waals surface area contributed by atoms with Crippen LogP contribution in [0.5, 0.6) is 0 Å². The van der Waals surface area contributed by atoms with E-state index in [4.69, 9.17) is 5.73 Å². The molecule has 0 amide bonds.